The summed E-state index contributed by atoms with van der Waals surface area (Å²) in [6.07, 6.45) is 3.62. The number of likely N-dealkylation sites (N-methyl/N-ethyl adjacent to an activating group) is 1. The molecule has 0 fully saturated rings. The summed E-state index contributed by atoms with van der Waals surface area (Å²) in [5.41, 5.74) is 0. The fraction of sp³-hybridized carbons (Fsp3) is 0.308. The Kier molecular flexibility index (Phi) is 4.38. The smallest absolute Gasteiger partial charge is 0.165 e. The van der Waals surface area contributed by atoms with E-state index < -0.39 is 0 Å². The Labute approximate surface area is 115 Å². The highest BCUT2D eigenvalue weighted by atomic mass is 79.9. The van der Waals surface area contributed by atoms with Gasteiger partial charge in [-0.2, -0.15) is 5.10 Å². The molecule has 1 N–H and O–H groups in total. The number of benzene rings is 1. The second-order valence-electron chi connectivity index (χ2n) is 4.15. The van der Waals surface area contributed by atoms with E-state index in [-0.39, 0.29) is 0 Å². The average molecular weight is 310 g/mol. The number of nitrogens with one attached hydrogen (secondary N) is 1. The molecule has 0 radical (unpaired) electrons. The van der Waals surface area contributed by atoms with Crippen LogP contribution < -0.4 is 10.1 Å². The molecule has 2 rings (SSSR count). The number of nitrogens with zero attached hydrogens (tertiary/aromatic N) is 2. The van der Waals surface area contributed by atoms with Gasteiger partial charge in [-0.05, 0) is 32.2 Å². The van der Waals surface area contributed by atoms with Crippen LogP contribution in [0.3, 0.4) is 0 Å². The molecule has 1 heterocycles. The molecule has 4 nitrogen and oxygen atoms in total. The lowest BCUT2D eigenvalue weighted by molar-refractivity contribution is 0.468. The summed E-state index contributed by atoms with van der Waals surface area (Å²) in [7, 11) is 1.94. The molecule has 1 aromatic heterocycles. The van der Waals surface area contributed by atoms with Gasteiger partial charge in [-0.15, -0.1) is 0 Å². The summed E-state index contributed by atoms with van der Waals surface area (Å²) < 4.78 is 8.59. The van der Waals surface area contributed by atoms with Gasteiger partial charge in [0, 0.05) is 10.5 Å². The predicted octanol–water partition coefficient (Wildman–Crippen LogP) is 3.05. The first-order valence-electron chi connectivity index (χ1n) is 5.80. The molecule has 0 bridgehead atoms. The highest BCUT2D eigenvalue weighted by Crippen LogP contribution is 2.23. The molecule has 1 atom stereocenters. The van der Waals surface area contributed by atoms with Gasteiger partial charge < -0.3 is 10.1 Å². The molecule has 0 aliphatic carbocycles. The Hall–Kier alpha value is -1.33. The van der Waals surface area contributed by atoms with Gasteiger partial charge in [0.05, 0.1) is 18.9 Å². The van der Waals surface area contributed by atoms with Crippen LogP contribution in [0, 0.1) is 0 Å². The molecule has 5 heteroatoms. The number of halogens is 1. The van der Waals surface area contributed by atoms with Crippen LogP contribution in [0.4, 0.5) is 0 Å². The van der Waals surface area contributed by atoms with Crippen molar-refractivity contribution in [2.45, 2.75) is 19.5 Å². The summed E-state index contributed by atoms with van der Waals surface area (Å²) >= 11 is 3.41. The number of hydrogen-bond acceptors (Lipinski definition) is 3. The fourth-order valence-corrected chi connectivity index (χ4v) is 1.91. The number of rotatable bonds is 5. The highest BCUT2D eigenvalue weighted by Gasteiger charge is 2.04. The number of aromatic nitrogens is 2. The van der Waals surface area contributed by atoms with Crippen LogP contribution in [0.5, 0.6) is 11.5 Å². The molecule has 0 saturated heterocycles. The summed E-state index contributed by atoms with van der Waals surface area (Å²) in [5, 5.41) is 7.43. The maximum absolute atomic E-state index is 5.72. The van der Waals surface area contributed by atoms with Gasteiger partial charge in [-0.1, -0.05) is 22.0 Å². The Morgan fingerprint density at radius 2 is 2.28 bits per heavy atom. The predicted molar refractivity (Wildman–Crippen MR) is 75.0 cm³/mol. The number of ether oxygens (including phenoxy) is 1. The quantitative estimate of drug-likeness (QED) is 0.922. The zero-order valence-electron chi connectivity index (χ0n) is 10.4. The van der Waals surface area contributed by atoms with Crippen molar-refractivity contribution in [3.8, 4) is 11.5 Å². The Morgan fingerprint density at radius 3 is 3.00 bits per heavy atom. The van der Waals surface area contributed by atoms with Crippen molar-refractivity contribution in [2.75, 3.05) is 7.05 Å². The monoisotopic (exact) mass is 309 g/mol. The van der Waals surface area contributed by atoms with Crippen LogP contribution in [-0.4, -0.2) is 22.9 Å². The zero-order chi connectivity index (χ0) is 13.0. The molecular weight excluding hydrogens is 294 g/mol. The van der Waals surface area contributed by atoms with E-state index in [0.29, 0.717) is 6.04 Å². The standard InChI is InChI=1S/C13H16BrN3O/c1-10(15-2)8-17-9-13(7-16-17)18-12-5-3-4-11(14)6-12/h3-7,9-10,15H,8H2,1-2H3. The third-order valence-electron chi connectivity index (χ3n) is 2.60. The van der Waals surface area contributed by atoms with E-state index in [1.54, 1.807) is 6.20 Å². The van der Waals surface area contributed by atoms with Crippen molar-refractivity contribution in [1.82, 2.24) is 15.1 Å². The van der Waals surface area contributed by atoms with E-state index >= 15 is 0 Å². The first-order chi connectivity index (χ1) is 8.67. The van der Waals surface area contributed by atoms with Crippen molar-refractivity contribution in [3.05, 3.63) is 41.1 Å². The average Bonchev–Trinajstić information content (AvgIpc) is 2.76. The van der Waals surface area contributed by atoms with Crippen molar-refractivity contribution < 1.29 is 4.74 Å². The van der Waals surface area contributed by atoms with Crippen LogP contribution in [0.1, 0.15) is 6.92 Å². The minimum absolute atomic E-state index is 0.378. The topological polar surface area (TPSA) is 39.1 Å². The Balaban J connectivity index is 2.02. The molecule has 18 heavy (non-hydrogen) atoms. The molecule has 0 spiro atoms. The SMILES string of the molecule is CNC(C)Cn1cc(Oc2cccc(Br)c2)cn1. The second-order valence-corrected chi connectivity index (χ2v) is 5.06. The van der Waals surface area contributed by atoms with Gasteiger partial charge >= 0.3 is 0 Å². The van der Waals surface area contributed by atoms with Gasteiger partial charge in [0.1, 0.15) is 5.75 Å². The van der Waals surface area contributed by atoms with Crippen LogP contribution >= 0.6 is 15.9 Å². The van der Waals surface area contributed by atoms with Gasteiger partial charge in [0.25, 0.3) is 0 Å². The van der Waals surface area contributed by atoms with E-state index in [1.807, 2.05) is 42.2 Å². The molecule has 0 aliphatic heterocycles. The summed E-state index contributed by atoms with van der Waals surface area (Å²) in [4.78, 5) is 0. The Bertz CT molecular complexity index is 512. The van der Waals surface area contributed by atoms with E-state index in [9.17, 15) is 0 Å². The fourth-order valence-electron chi connectivity index (χ4n) is 1.54. The zero-order valence-corrected chi connectivity index (χ0v) is 12.0. The van der Waals surface area contributed by atoms with E-state index in [0.717, 1.165) is 22.5 Å². The largest absolute Gasteiger partial charge is 0.454 e. The minimum atomic E-state index is 0.378. The lowest BCUT2D eigenvalue weighted by Crippen LogP contribution is -2.26. The van der Waals surface area contributed by atoms with Crippen molar-refractivity contribution in [1.29, 1.82) is 0 Å². The minimum Gasteiger partial charge on any atom is -0.454 e. The van der Waals surface area contributed by atoms with Crippen molar-refractivity contribution in [3.63, 3.8) is 0 Å². The first kappa shape index (κ1) is 13.1. The van der Waals surface area contributed by atoms with Crippen LogP contribution in [0.2, 0.25) is 0 Å². The summed E-state index contributed by atoms with van der Waals surface area (Å²) in [5.74, 6) is 1.54. The molecule has 0 saturated carbocycles. The maximum Gasteiger partial charge on any atom is 0.165 e. The molecule has 2 aromatic rings. The number of hydrogen-bond donors (Lipinski definition) is 1. The van der Waals surface area contributed by atoms with Gasteiger partial charge in [-0.3, -0.25) is 4.68 Å². The van der Waals surface area contributed by atoms with Crippen molar-refractivity contribution >= 4 is 15.9 Å². The first-order valence-corrected chi connectivity index (χ1v) is 6.60. The molecular formula is C13H16BrN3O. The summed E-state index contributed by atoms with van der Waals surface area (Å²) in [6.45, 7) is 2.93. The summed E-state index contributed by atoms with van der Waals surface area (Å²) in [6, 6.07) is 8.12. The maximum atomic E-state index is 5.72. The Morgan fingerprint density at radius 1 is 1.44 bits per heavy atom. The van der Waals surface area contributed by atoms with Gasteiger partial charge in [-0.25, -0.2) is 0 Å². The third kappa shape index (κ3) is 3.58. The molecule has 0 amide bonds. The van der Waals surface area contributed by atoms with Crippen LogP contribution in [0.15, 0.2) is 41.1 Å². The van der Waals surface area contributed by atoms with Crippen LogP contribution in [-0.2, 0) is 6.54 Å². The normalized spacial score (nSPS) is 12.4. The molecule has 96 valence electrons. The van der Waals surface area contributed by atoms with Gasteiger partial charge in [0.15, 0.2) is 5.75 Å². The highest BCUT2D eigenvalue weighted by molar-refractivity contribution is 9.10. The van der Waals surface area contributed by atoms with E-state index in [2.05, 4.69) is 33.3 Å². The molecule has 1 unspecified atom stereocenters. The van der Waals surface area contributed by atoms with Crippen molar-refractivity contribution in [2.24, 2.45) is 0 Å². The molecule has 1 aromatic carbocycles. The molecule has 0 aliphatic rings. The second kappa shape index (κ2) is 6.02. The van der Waals surface area contributed by atoms with Gasteiger partial charge in [0.2, 0.25) is 0 Å². The lowest BCUT2D eigenvalue weighted by Gasteiger charge is -2.09. The van der Waals surface area contributed by atoms with Crippen LogP contribution in [0.25, 0.3) is 0 Å². The van der Waals surface area contributed by atoms with E-state index in [4.69, 9.17) is 4.74 Å². The third-order valence-corrected chi connectivity index (χ3v) is 3.09. The lowest BCUT2D eigenvalue weighted by atomic mass is 10.3. The van der Waals surface area contributed by atoms with E-state index in [1.165, 1.54) is 0 Å².